The van der Waals surface area contributed by atoms with E-state index < -0.39 is 33.5 Å². The third-order valence-electron chi connectivity index (χ3n) is 4.57. The van der Waals surface area contributed by atoms with E-state index in [-0.39, 0.29) is 78.0 Å². The van der Waals surface area contributed by atoms with Gasteiger partial charge in [0.25, 0.3) is 0 Å². The molecule has 0 radical (unpaired) electrons. The van der Waals surface area contributed by atoms with Crippen LogP contribution < -0.4 is 64.2 Å². The number of aliphatic imine (C=N–C) groups is 1. The smallest absolute Gasteiger partial charge is 0.862 e. The Hall–Kier alpha value is 0.950. The summed E-state index contributed by atoms with van der Waals surface area (Å²) >= 11 is 0. The van der Waals surface area contributed by atoms with Crippen molar-refractivity contribution in [1.29, 1.82) is 0 Å². The summed E-state index contributed by atoms with van der Waals surface area (Å²) < 4.78 is 70.2. The van der Waals surface area contributed by atoms with Crippen molar-refractivity contribution in [2.45, 2.75) is 96.5 Å². The molecule has 0 aliphatic rings. The molecule has 0 saturated heterocycles. The normalized spacial score (nSPS) is 13.4. The second kappa shape index (κ2) is 24.3. The maximum Gasteiger partial charge on any atom is 1.00 e. The van der Waals surface area contributed by atoms with Gasteiger partial charge in [0.1, 0.15) is 0 Å². The minimum atomic E-state index is -4.74. The summed E-state index contributed by atoms with van der Waals surface area (Å²) in [6, 6.07) is 0. The molecule has 0 spiro atoms. The van der Waals surface area contributed by atoms with Crippen LogP contribution in [-0.2, 0) is 29.2 Å². The molecule has 0 aromatic rings. The van der Waals surface area contributed by atoms with Gasteiger partial charge in [0.05, 0.1) is 19.3 Å². The summed E-state index contributed by atoms with van der Waals surface area (Å²) in [5, 5.41) is 11.5. The van der Waals surface area contributed by atoms with E-state index in [0.29, 0.717) is 19.3 Å². The summed E-state index contributed by atoms with van der Waals surface area (Å²) in [7, 11) is -9.19. The van der Waals surface area contributed by atoms with Crippen LogP contribution in [-0.4, -0.2) is 51.1 Å². The third kappa shape index (κ3) is 31.0. The van der Waals surface area contributed by atoms with Crippen LogP contribution in [0, 0.1) is 0 Å². The van der Waals surface area contributed by atoms with Crippen LogP contribution in [0.1, 0.15) is 90.4 Å². The first-order valence-corrected chi connectivity index (χ1v) is 13.8. The van der Waals surface area contributed by atoms with Crippen LogP contribution in [0.2, 0.25) is 0 Å². The Morgan fingerprint density at radius 1 is 0.971 bits per heavy atom. The molecule has 0 unspecified atom stereocenters. The average molecular weight is 546 g/mol. The molecule has 190 valence electrons. The average Bonchev–Trinajstić information content (AvgIpc) is 2.68. The van der Waals surface area contributed by atoms with Crippen molar-refractivity contribution in [3.63, 3.8) is 0 Å². The number of hydrogen-bond acceptors (Lipinski definition) is 9. The summed E-state index contributed by atoms with van der Waals surface area (Å²) in [5.41, 5.74) is 0. The van der Waals surface area contributed by atoms with Crippen molar-refractivity contribution in [3.05, 3.63) is 12.2 Å². The minimum Gasteiger partial charge on any atom is -0.862 e. The molecule has 0 heterocycles. The monoisotopic (exact) mass is 545 g/mol. The van der Waals surface area contributed by atoms with E-state index >= 15 is 0 Å². The first-order valence-electron chi connectivity index (χ1n) is 11.1. The zero-order valence-electron chi connectivity index (χ0n) is 20.8. The van der Waals surface area contributed by atoms with E-state index in [1.165, 1.54) is 0 Å². The van der Waals surface area contributed by atoms with Gasteiger partial charge in [-0.25, -0.2) is 12.6 Å². The molecule has 1 atom stereocenters. The Labute approximate surface area is 249 Å². The van der Waals surface area contributed by atoms with Crippen LogP contribution >= 0.6 is 0 Å². The number of nitrogens with zero attached hydrogens (tertiary/aromatic N) is 1. The molecule has 1 N–H and O–H groups in total. The Balaban J connectivity index is -0.00000480. The van der Waals surface area contributed by atoms with Crippen LogP contribution in [0.3, 0.4) is 0 Å². The van der Waals surface area contributed by atoms with Gasteiger partial charge in [0.2, 0.25) is 10.4 Å². The predicted octanol–water partition coefficient (Wildman–Crippen LogP) is -2.93. The molecule has 0 fully saturated rings. The molecule has 0 amide bonds. The van der Waals surface area contributed by atoms with Gasteiger partial charge in [0.15, 0.2) is 0 Å². The zero-order chi connectivity index (χ0) is 24.3. The predicted molar refractivity (Wildman–Crippen MR) is 119 cm³/mol. The van der Waals surface area contributed by atoms with Crippen LogP contribution in [0.25, 0.3) is 0 Å². The van der Waals surface area contributed by atoms with Crippen molar-refractivity contribution >= 4 is 26.7 Å². The van der Waals surface area contributed by atoms with Gasteiger partial charge in [-0.15, -0.1) is 0 Å². The van der Waals surface area contributed by atoms with Crippen LogP contribution in [0.4, 0.5) is 0 Å². The van der Waals surface area contributed by atoms with E-state index in [2.05, 4.69) is 16.1 Å². The van der Waals surface area contributed by atoms with Crippen molar-refractivity contribution in [2.75, 3.05) is 13.2 Å². The Bertz CT molecular complexity index is 745. The maximum absolute atomic E-state index is 11.5. The first kappa shape index (κ1) is 39.5. The second-order valence-electron chi connectivity index (χ2n) is 7.51. The van der Waals surface area contributed by atoms with E-state index in [1.54, 1.807) is 0 Å². The maximum atomic E-state index is 11.5. The molecule has 0 aromatic heterocycles. The molecule has 0 rings (SSSR count). The number of unbranched alkanes of at least 4 members (excludes halogenated alkanes) is 8. The fourth-order valence-corrected chi connectivity index (χ4v) is 3.80. The van der Waals surface area contributed by atoms with Gasteiger partial charge in [0, 0.05) is 0 Å². The Morgan fingerprint density at radius 3 is 2.21 bits per heavy atom. The van der Waals surface area contributed by atoms with Crippen LogP contribution in [0.15, 0.2) is 17.1 Å². The SMILES string of the molecule is CCCCCC[C@H](C/C=C/CCCCCCCC([O-])=NCCOS(=O)(=O)[O-])OS(=O)(=O)O.[Na+].[Na+]. The van der Waals surface area contributed by atoms with Crippen molar-refractivity contribution in [2.24, 2.45) is 4.99 Å². The largest absolute Gasteiger partial charge is 1.00 e. The van der Waals surface area contributed by atoms with Crippen molar-refractivity contribution in [1.82, 2.24) is 0 Å². The first-order chi connectivity index (χ1) is 15.0. The Kier molecular flexibility index (Phi) is 28.2. The Morgan fingerprint density at radius 2 is 1.59 bits per heavy atom. The number of hydrogen-bond donors (Lipinski definition) is 1. The van der Waals surface area contributed by atoms with Crippen LogP contribution in [0.5, 0.6) is 0 Å². The van der Waals surface area contributed by atoms with Gasteiger partial charge >= 0.3 is 69.5 Å². The van der Waals surface area contributed by atoms with Crippen molar-refractivity contribution in [3.8, 4) is 0 Å². The molecule has 10 nitrogen and oxygen atoms in total. The van der Waals surface area contributed by atoms with E-state index in [4.69, 9.17) is 8.74 Å². The fraction of sp³-hybridized carbons (Fsp3) is 0.850. The molecule has 0 aromatic carbocycles. The third-order valence-corrected chi connectivity index (χ3v) is 5.54. The quantitative estimate of drug-likeness (QED) is 0.0302. The van der Waals surface area contributed by atoms with E-state index in [0.717, 1.165) is 57.8 Å². The van der Waals surface area contributed by atoms with Gasteiger partial charge in [-0.3, -0.25) is 8.74 Å². The minimum absolute atomic E-state index is 0. The van der Waals surface area contributed by atoms with Gasteiger partial charge in [-0.1, -0.05) is 64.0 Å². The zero-order valence-corrected chi connectivity index (χ0v) is 26.4. The fourth-order valence-electron chi connectivity index (χ4n) is 3.00. The molecule has 0 aliphatic carbocycles. The molecule has 0 bridgehead atoms. The van der Waals surface area contributed by atoms with Crippen molar-refractivity contribution < 1.29 is 98.5 Å². The summed E-state index contributed by atoms with van der Waals surface area (Å²) in [6.07, 6.45) is 14.0. The summed E-state index contributed by atoms with van der Waals surface area (Å²) in [5.74, 6) is -0.337. The number of allylic oxidation sites excluding steroid dienone is 1. The second-order valence-corrected chi connectivity index (χ2v) is 9.61. The molecular formula is C20H37NNa2O9S2. The standard InChI is InChI=1S/C20H39NO9S2.2Na/c1-2-3-4-11-14-19(30-32(26,27)28)15-12-9-7-5-6-8-10-13-16-20(22)21-17-18-29-31(23,24)25;;/h9,12,19H,2-8,10-11,13-18H2,1H3,(H,21,22)(H,23,24,25)(H,26,27,28);;/q;2*+1/p-2/b12-9+;;/t19-;;/m1../s1. The topological polar surface area (TPSA) is 165 Å². The van der Waals surface area contributed by atoms with Gasteiger partial charge in [-0.2, -0.15) is 8.42 Å². The summed E-state index contributed by atoms with van der Waals surface area (Å²) in [6.45, 7) is 1.52. The van der Waals surface area contributed by atoms with Gasteiger partial charge < -0.3 is 14.7 Å². The van der Waals surface area contributed by atoms with E-state index in [9.17, 15) is 26.5 Å². The molecule has 0 saturated carbocycles. The van der Waals surface area contributed by atoms with E-state index in [1.807, 2.05) is 12.2 Å². The van der Waals surface area contributed by atoms with Gasteiger partial charge in [-0.05, 0) is 44.4 Å². The molecule has 34 heavy (non-hydrogen) atoms. The molecule has 0 aliphatic heterocycles. The molecular weight excluding hydrogens is 508 g/mol. The molecule has 14 heteroatoms. The summed E-state index contributed by atoms with van der Waals surface area (Å²) in [4.78, 5) is 3.62. The number of rotatable bonds is 21.